The van der Waals surface area contributed by atoms with Gasteiger partial charge in [0, 0.05) is 5.56 Å². The second kappa shape index (κ2) is 4.76. The topological polar surface area (TPSA) is 63.2 Å². The predicted octanol–water partition coefficient (Wildman–Crippen LogP) is 1.41. The van der Waals surface area contributed by atoms with E-state index in [1.165, 1.54) is 6.92 Å². The number of rotatable bonds is 2. The van der Waals surface area contributed by atoms with E-state index in [1.54, 1.807) is 0 Å². The van der Waals surface area contributed by atoms with Crippen molar-refractivity contribution in [1.29, 1.82) is 0 Å². The fourth-order valence-electron chi connectivity index (χ4n) is 2.14. The molecule has 1 unspecified atom stereocenters. The van der Waals surface area contributed by atoms with Crippen molar-refractivity contribution >= 4 is 15.7 Å². The summed E-state index contributed by atoms with van der Waals surface area (Å²) in [6.45, 7) is 1.53. The first-order valence-electron chi connectivity index (χ1n) is 5.79. The van der Waals surface area contributed by atoms with Crippen LogP contribution in [0.3, 0.4) is 0 Å². The number of benzene rings is 1. The molecule has 0 saturated carbocycles. The van der Waals surface area contributed by atoms with E-state index in [2.05, 4.69) is 5.32 Å². The van der Waals surface area contributed by atoms with Gasteiger partial charge in [-0.05, 0) is 25.5 Å². The molecule has 110 valence electrons. The Balaban J connectivity index is 2.21. The Kier molecular flexibility index (Phi) is 3.53. The third kappa shape index (κ3) is 2.95. The number of carbonyl (C=O) groups excluding carboxylic acids is 1. The maximum Gasteiger partial charge on any atom is 0.251 e. The average molecular weight is 307 g/mol. The van der Waals surface area contributed by atoms with Crippen LogP contribution in [0.15, 0.2) is 12.1 Å². The van der Waals surface area contributed by atoms with Crippen molar-refractivity contribution in [2.24, 2.45) is 0 Å². The fraction of sp³-hybridized carbons (Fsp3) is 0.417. The molecule has 4 nitrogen and oxygen atoms in total. The van der Waals surface area contributed by atoms with Gasteiger partial charge in [0.15, 0.2) is 27.3 Å². The van der Waals surface area contributed by atoms with Crippen LogP contribution in [0.25, 0.3) is 0 Å². The highest BCUT2D eigenvalue weighted by atomic mass is 32.2. The summed E-state index contributed by atoms with van der Waals surface area (Å²) in [5.74, 6) is -5.74. The third-order valence-corrected chi connectivity index (χ3v) is 5.07. The zero-order chi connectivity index (χ0) is 15.1. The number of carbonyl (C=O) groups is 1. The van der Waals surface area contributed by atoms with E-state index >= 15 is 0 Å². The molecule has 0 spiro atoms. The van der Waals surface area contributed by atoms with Gasteiger partial charge in [-0.1, -0.05) is 0 Å². The highest BCUT2D eigenvalue weighted by molar-refractivity contribution is 7.91. The molecule has 1 N–H and O–H groups in total. The molecule has 0 aliphatic carbocycles. The molecule has 1 aliphatic rings. The lowest BCUT2D eigenvalue weighted by atomic mass is 10.0. The van der Waals surface area contributed by atoms with Gasteiger partial charge in [0.1, 0.15) is 0 Å². The molecule has 2 rings (SSSR count). The second-order valence-corrected chi connectivity index (χ2v) is 7.29. The summed E-state index contributed by atoms with van der Waals surface area (Å²) in [5.41, 5.74) is -1.39. The maximum absolute atomic E-state index is 13.0. The van der Waals surface area contributed by atoms with Gasteiger partial charge in [0.2, 0.25) is 0 Å². The lowest BCUT2D eigenvalue weighted by Crippen LogP contribution is -2.47. The zero-order valence-electron chi connectivity index (χ0n) is 10.5. The summed E-state index contributed by atoms with van der Waals surface area (Å²) in [7, 11) is -3.23. The number of nitrogens with one attached hydrogen (secondary N) is 1. The van der Waals surface area contributed by atoms with Crippen LogP contribution in [0.2, 0.25) is 0 Å². The minimum atomic E-state index is -3.23. The molecule has 0 radical (unpaired) electrons. The van der Waals surface area contributed by atoms with Crippen molar-refractivity contribution in [1.82, 2.24) is 5.32 Å². The quantitative estimate of drug-likeness (QED) is 0.840. The first-order chi connectivity index (χ1) is 9.12. The summed E-state index contributed by atoms with van der Waals surface area (Å²) in [5, 5.41) is 2.43. The first-order valence-corrected chi connectivity index (χ1v) is 7.61. The average Bonchev–Trinajstić information content (AvgIpc) is 2.59. The highest BCUT2D eigenvalue weighted by Crippen LogP contribution is 2.23. The largest absolute Gasteiger partial charge is 0.346 e. The Morgan fingerprint density at radius 1 is 1.25 bits per heavy atom. The van der Waals surface area contributed by atoms with E-state index in [0.717, 1.165) is 0 Å². The van der Waals surface area contributed by atoms with Crippen molar-refractivity contribution in [2.45, 2.75) is 18.9 Å². The molecular weight excluding hydrogens is 295 g/mol. The molecule has 1 aromatic carbocycles. The Morgan fingerprint density at radius 3 is 2.25 bits per heavy atom. The molecule has 20 heavy (non-hydrogen) atoms. The van der Waals surface area contributed by atoms with Gasteiger partial charge in [-0.15, -0.1) is 0 Å². The van der Waals surface area contributed by atoms with Gasteiger partial charge in [-0.3, -0.25) is 4.79 Å². The molecule has 1 heterocycles. The van der Waals surface area contributed by atoms with Crippen molar-refractivity contribution in [3.63, 3.8) is 0 Å². The molecule has 0 aromatic heterocycles. The Labute approximate surface area is 113 Å². The van der Waals surface area contributed by atoms with E-state index in [4.69, 9.17) is 0 Å². The SMILES string of the molecule is CC1(NC(=O)c2cc(F)c(F)c(F)c2)CCS(=O)(=O)C1. The molecule has 1 aromatic rings. The van der Waals surface area contributed by atoms with E-state index < -0.39 is 44.3 Å². The van der Waals surface area contributed by atoms with E-state index in [-0.39, 0.29) is 17.9 Å². The molecule has 8 heteroatoms. The van der Waals surface area contributed by atoms with Crippen molar-refractivity contribution in [2.75, 3.05) is 11.5 Å². The van der Waals surface area contributed by atoms with E-state index in [9.17, 15) is 26.4 Å². The van der Waals surface area contributed by atoms with Gasteiger partial charge < -0.3 is 5.32 Å². The van der Waals surface area contributed by atoms with Gasteiger partial charge >= 0.3 is 0 Å². The van der Waals surface area contributed by atoms with Crippen LogP contribution < -0.4 is 5.32 Å². The Hall–Kier alpha value is -1.57. The molecule has 1 amide bonds. The smallest absolute Gasteiger partial charge is 0.251 e. The zero-order valence-corrected chi connectivity index (χ0v) is 11.4. The van der Waals surface area contributed by atoms with Gasteiger partial charge in [0.05, 0.1) is 17.0 Å². The van der Waals surface area contributed by atoms with Crippen LogP contribution in [-0.4, -0.2) is 31.4 Å². The minimum absolute atomic E-state index is 0.0596. The lowest BCUT2D eigenvalue weighted by Gasteiger charge is -2.23. The standard InChI is InChI=1S/C12H12F3NO3S/c1-12(2-3-20(18,19)6-12)16-11(17)7-4-8(13)10(15)9(14)5-7/h4-5H,2-3,6H2,1H3,(H,16,17). The monoisotopic (exact) mass is 307 g/mol. The minimum Gasteiger partial charge on any atom is -0.346 e. The summed E-state index contributed by atoms with van der Waals surface area (Å²) >= 11 is 0. The van der Waals surface area contributed by atoms with Crippen molar-refractivity contribution in [3.8, 4) is 0 Å². The highest BCUT2D eigenvalue weighted by Gasteiger charge is 2.39. The summed E-state index contributed by atoms with van der Waals surface area (Å²) in [6.07, 6.45) is 0.216. The third-order valence-electron chi connectivity index (χ3n) is 3.16. The molecule has 1 saturated heterocycles. The number of hydrogen-bond donors (Lipinski definition) is 1. The van der Waals surface area contributed by atoms with Crippen LogP contribution in [-0.2, 0) is 9.84 Å². The molecular formula is C12H12F3NO3S. The maximum atomic E-state index is 13.0. The molecule has 1 atom stereocenters. The Bertz CT molecular complexity index is 652. The number of hydrogen-bond acceptors (Lipinski definition) is 3. The van der Waals surface area contributed by atoms with Crippen molar-refractivity contribution in [3.05, 3.63) is 35.1 Å². The summed E-state index contributed by atoms with van der Waals surface area (Å²) < 4.78 is 61.7. The van der Waals surface area contributed by atoms with Crippen LogP contribution in [0.1, 0.15) is 23.7 Å². The fourth-order valence-corrected chi connectivity index (χ4v) is 4.24. The van der Waals surface area contributed by atoms with E-state index in [0.29, 0.717) is 12.1 Å². The Morgan fingerprint density at radius 2 is 1.80 bits per heavy atom. The van der Waals surface area contributed by atoms with Gasteiger partial charge in [0.25, 0.3) is 5.91 Å². The van der Waals surface area contributed by atoms with Gasteiger partial charge in [-0.25, -0.2) is 21.6 Å². The predicted molar refractivity (Wildman–Crippen MR) is 65.5 cm³/mol. The number of amides is 1. The molecule has 1 fully saturated rings. The summed E-state index contributed by atoms with van der Waals surface area (Å²) in [4.78, 5) is 11.9. The summed E-state index contributed by atoms with van der Waals surface area (Å²) in [6, 6.07) is 1.14. The molecule has 1 aliphatic heterocycles. The second-order valence-electron chi connectivity index (χ2n) is 5.11. The molecule has 0 bridgehead atoms. The van der Waals surface area contributed by atoms with Crippen LogP contribution in [0, 0.1) is 17.5 Å². The number of halogens is 3. The normalized spacial score (nSPS) is 24.6. The van der Waals surface area contributed by atoms with Crippen molar-refractivity contribution < 1.29 is 26.4 Å². The van der Waals surface area contributed by atoms with Crippen LogP contribution >= 0.6 is 0 Å². The lowest BCUT2D eigenvalue weighted by molar-refractivity contribution is 0.0914. The van der Waals surface area contributed by atoms with Crippen LogP contribution in [0.5, 0.6) is 0 Å². The van der Waals surface area contributed by atoms with Gasteiger partial charge in [-0.2, -0.15) is 0 Å². The van der Waals surface area contributed by atoms with E-state index in [1.807, 2.05) is 0 Å². The first kappa shape index (κ1) is 14.8. The van der Waals surface area contributed by atoms with Crippen LogP contribution in [0.4, 0.5) is 13.2 Å². The number of sulfone groups is 1.